The number of carbonyl (C=O) groups is 1. The zero-order valence-electron chi connectivity index (χ0n) is 18.0. The number of ether oxygens (including phenoxy) is 1. The molecule has 1 aromatic heterocycles. The van der Waals surface area contributed by atoms with Gasteiger partial charge >= 0.3 is 0 Å². The summed E-state index contributed by atoms with van der Waals surface area (Å²) in [5, 5.41) is 5.43. The first-order valence-corrected chi connectivity index (χ1v) is 12.0. The number of thiocarbonyl (C=S) groups is 1. The summed E-state index contributed by atoms with van der Waals surface area (Å²) >= 11 is 12.8. The van der Waals surface area contributed by atoms with Gasteiger partial charge in [0.15, 0.2) is 4.32 Å². The molecule has 1 fully saturated rings. The zero-order valence-corrected chi connectivity index (χ0v) is 20.4. The summed E-state index contributed by atoms with van der Waals surface area (Å²) in [6.07, 6.45) is 3.77. The molecule has 0 N–H and O–H groups in total. The van der Waals surface area contributed by atoms with Crippen molar-refractivity contribution < 1.29 is 9.53 Å². The van der Waals surface area contributed by atoms with Gasteiger partial charge in [-0.2, -0.15) is 5.10 Å². The molecule has 5 nitrogen and oxygen atoms in total. The van der Waals surface area contributed by atoms with Crippen LogP contribution in [0.2, 0.25) is 5.02 Å². The van der Waals surface area contributed by atoms with Crippen LogP contribution in [0, 0.1) is 0 Å². The van der Waals surface area contributed by atoms with Crippen LogP contribution in [-0.2, 0) is 4.79 Å². The van der Waals surface area contributed by atoms with E-state index in [1.54, 1.807) is 31.4 Å². The number of amides is 1. The predicted molar refractivity (Wildman–Crippen MR) is 143 cm³/mol. The van der Waals surface area contributed by atoms with Crippen LogP contribution in [0.3, 0.4) is 0 Å². The van der Waals surface area contributed by atoms with Crippen molar-refractivity contribution in [2.24, 2.45) is 0 Å². The normalized spacial score (nSPS) is 14.8. The van der Waals surface area contributed by atoms with E-state index in [1.807, 2.05) is 71.6 Å². The second kappa shape index (κ2) is 9.46. The van der Waals surface area contributed by atoms with E-state index in [1.165, 1.54) is 16.7 Å². The molecule has 2 heterocycles. The molecule has 0 atom stereocenters. The molecule has 34 heavy (non-hydrogen) atoms. The Bertz CT molecular complexity index is 1400. The molecule has 0 saturated carbocycles. The second-order valence-electron chi connectivity index (χ2n) is 7.44. The number of nitrogens with zero attached hydrogens (tertiary/aromatic N) is 3. The summed E-state index contributed by atoms with van der Waals surface area (Å²) in [4.78, 5) is 15.3. The molecule has 0 radical (unpaired) electrons. The molecule has 0 spiro atoms. The van der Waals surface area contributed by atoms with Gasteiger partial charge in [0.05, 0.1) is 29.1 Å². The van der Waals surface area contributed by atoms with Crippen molar-refractivity contribution in [2.45, 2.75) is 0 Å². The minimum Gasteiger partial charge on any atom is -0.497 e. The van der Waals surface area contributed by atoms with Gasteiger partial charge in [0.25, 0.3) is 5.91 Å². The van der Waals surface area contributed by atoms with Gasteiger partial charge in [0.1, 0.15) is 5.75 Å². The summed E-state index contributed by atoms with van der Waals surface area (Å²) in [5.41, 5.74) is 4.08. The van der Waals surface area contributed by atoms with Crippen molar-refractivity contribution in [3.63, 3.8) is 0 Å². The molecule has 5 rings (SSSR count). The van der Waals surface area contributed by atoms with Gasteiger partial charge in [-0.05, 0) is 66.7 Å². The first-order chi connectivity index (χ1) is 16.5. The van der Waals surface area contributed by atoms with Crippen LogP contribution in [0.15, 0.2) is 90.0 Å². The van der Waals surface area contributed by atoms with Crippen LogP contribution in [0.4, 0.5) is 5.69 Å². The number of thioether (sulfide) groups is 1. The highest BCUT2D eigenvalue weighted by Crippen LogP contribution is 2.38. The summed E-state index contributed by atoms with van der Waals surface area (Å²) in [6, 6.07) is 24.6. The number of hydrogen-bond acceptors (Lipinski definition) is 5. The van der Waals surface area contributed by atoms with E-state index in [-0.39, 0.29) is 5.91 Å². The van der Waals surface area contributed by atoms with Crippen molar-refractivity contribution >= 4 is 57.6 Å². The molecule has 3 aromatic carbocycles. The molecule has 1 amide bonds. The number of methoxy groups -OCH3 is 1. The quantitative estimate of drug-likeness (QED) is 0.226. The van der Waals surface area contributed by atoms with Crippen LogP contribution in [-0.4, -0.2) is 27.1 Å². The van der Waals surface area contributed by atoms with E-state index in [2.05, 4.69) is 0 Å². The van der Waals surface area contributed by atoms with Crippen molar-refractivity contribution in [3.8, 4) is 22.7 Å². The van der Waals surface area contributed by atoms with Crippen LogP contribution in [0.5, 0.6) is 5.75 Å². The number of benzene rings is 3. The minimum atomic E-state index is -0.175. The van der Waals surface area contributed by atoms with Crippen LogP contribution >= 0.6 is 35.6 Å². The number of para-hydroxylation sites is 1. The second-order valence-corrected chi connectivity index (χ2v) is 9.55. The molecule has 4 aromatic rings. The number of anilines is 1. The fraction of sp³-hybridized carbons (Fsp3) is 0.0385. The van der Waals surface area contributed by atoms with Crippen LogP contribution < -0.4 is 9.64 Å². The Balaban J connectivity index is 1.57. The first-order valence-electron chi connectivity index (χ1n) is 10.4. The number of hydrogen-bond donors (Lipinski definition) is 0. The summed E-state index contributed by atoms with van der Waals surface area (Å²) in [6.45, 7) is 0. The molecule has 1 aliphatic heterocycles. The third kappa shape index (κ3) is 4.37. The third-order valence-corrected chi connectivity index (χ3v) is 6.85. The van der Waals surface area contributed by atoms with Gasteiger partial charge < -0.3 is 4.74 Å². The molecule has 168 valence electrons. The predicted octanol–water partition coefficient (Wildman–Crippen LogP) is 6.61. The molecule has 0 bridgehead atoms. The van der Waals surface area contributed by atoms with Gasteiger partial charge in [0.2, 0.25) is 0 Å². The highest BCUT2D eigenvalue weighted by Gasteiger charge is 2.33. The van der Waals surface area contributed by atoms with Crippen molar-refractivity contribution in [1.82, 2.24) is 9.78 Å². The maximum atomic E-state index is 13.3. The van der Waals surface area contributed by atoms with Gasteiger partial charge in [-0.15, -0.1) is 0 Å². The van der Waals surface area contributed by atoms with Crippen molar-refractivity contribution in [2.75, 3.05) is 12.0 Å². The van der Waals surface area contributed by atoms with Gasteiger partial charge in [-0.25, -0.2) is 4.68 Å². The lowest BCUT2D eigenvalue weighted by molar-refractivity contribution is -0.113. The van der Waals surface area contributed by atoms with Crippen LogP contribution in [0.25, 0.3) is 23.0 Å². The summed E-state index contributed by atoms with van der Waals surface area (Å²) < 4.78 is 7.57. The lowest BCUT2D eigenvalue weighted by atomic mass is 10.1. The van der Waals surface area contributed by atoms with E-state index in [9.17, 15) is 4.79 Å². The molecule has 1 aliphatic rings. The Morgan fingerprint density at radius 2 is 1.68 bits per heavy atom. The lowest BCUT2D eigenvalue weighted by Gasteiger charge is -2.14. The van der Waals surface area contributed by atoms with Crippen molar-refractivity contribution in [3.05, 3.63) is 101 Å². The molecule has 8 heteroatoms. The third-order valence-electron chi connectivity index (χ3n) is 5.29. The standard InChI is InChI=1S/C26H18ClN3O2S2/c1-32-22-13-7-17(8-14-22)24-18(16-29(28-24)20-5-3-2-4-6-20)15-23-25(31)30(26(33)34-23)21-11-9-19(27)10-12-21/h2-16H,1H3/b23-15-. The number of carbonyl (C=O) groups excluding carboxylic acids is 1. The van der Waals surface area contributed by atoms with Crippen LogP contribution in [0.1, 0.15) is 5.56 Å². The zero-order chi connectivity index (χ0) is 23.7. The fourth-order valence-corrected chi connectivity index (χ4v) is 5.02. The minimum absolute atomic E-state index is 0.175. The Hall–Kier alpha value is -3.39. The molecule has 0 unspecified atom stereocenters. The van der Waals surface area contributed by atoms with E-state index in [0.29, 0.717) is 19.9 Å². The molecule has 0 aliphatic carbocycles. The van der Waals surface area contributed by atoms with Crippen molar-refractivity contribution in [1.29, 1.82) is 0 Å². The van der Waals surface area contributed by atoms with E-state index >= 15 is 0 Å². The number of aromatic nitrogens is 2. The smallest absolute Gasteiger partial charge is 0.270 e. The van der Waals surface area contributed by atoms with E-state index < -0.39 is 0 Å². The summed E-state index contributed by atoms with van der Waals surface area (Å²) in [5.74, 6) is 0.585. The number of rotatable bonds is 5. The maximum Gasteiger partial charge on any atom is 0.270 e. The van der Waals surface area contributed by atoms with Gasteiger partial charge in [0, 0.05) is 22.3 Å². The maximum absolute atomic E-state index is 13.3. The Morgan fingerprint density at radius 1 is 0.971 bits per heavy atom. The number of halogens is 1. The molecular weight excluding hydrogens is 486 g/mol. The van der Waals surface area contributed by atoms with Gasteiger partial charge in [-0.1, -0.05) is 53.8 Å². The largest absolute Gasteiger partial charge is 0.497 e. The molecule has 1 saturated heterocycles. The summed E-state index contributed by atoms with van der Waals surface area (Å²) in [7, 11) is 1.63. The monoisotopic (exact) mass is 503 g/mol. The Kier molecular flexibility index (Phi) is 6.24. The Labute approximate surface area is 211 Å². The fourth-order valence-electron chi connectivity index (χ4n) is 3.60. The highest BCUT2D eigenvalue weighted by molar-refractivity contribution is 8.27. The Morgan fingerprint density at radius 3 is 2.35 bits per heavy atom. The highest BCUT2D eigenvalue weighted by atomic mass is 35.5. The lowest BCUT2D eigenvalue weighted by Crippen LogP contribution is -2.27. The first kappa shape index (κ1) is 22.4. The van der Waals surface area contributed by atoms with Gasteiger partial charge in [-0.3, -0.25) is 9.69 Å². The average Bonchev–Trinajstić information content (AvgIpc) is 3.41. The SMILES string of the molecule is COc1ccc(-c2nn(-c3ccccc3)cc2/C=C2\SC(=S)N(c3ccc(Cl)cc3)C2=O)cc1. The van der Waals surface area contributed by atoms with E-state index in [4.69, 9.17) is 33.7 Å². The topological polar surface area (TPSA) is 47.4 Å². The average molecular weight is 504 g/mol. The van der Waals surface area contributed by atoms with E-state index in [0.717, 1.165) is 28.3 Å². The molecular formula is C26H18ClN3O2S2.